The van der Waals surface area contributed by atoms with Crippen LogP contribution in [0.4, 0.5) is 4.39 Å². The molecule has 0 spiro atoms. The van der Waals surface area contributed by atoms with Crippen molar-refractivity contribution >= 4 is 10.9 Å². The molecule has 5 heteroatoms. The fourth-order valence-corrected chi connectivity index (χ4v) is 2.86. The normalized spacial score (nSPS) is 13.3. The number of rotatable bonds is 1. The highest BCUT2D eigenvalue weighted by atomic mass is 19.1. The molecule has 2 heterocycles. The van der Waals surface area contributed by atoms with Crippen molar-refractivity contribution in [2.45, 2.75) is 6.92 Å². The van der Waals surface area contributed by atoms with Crippen molar-refractivity contribution in [2.24, 2.45) is 0 Å². The predicted octanol–water partition coefficient (Wildman–Crippen LogP) is 3.41. The molecule has 0 atom stereocenters. The Morgan fingerprint density at radius 2 is 1.78 bits per heavy atom. The first-order valence-electron chi connectivity index (χ1n) is 7.36. The second kappa shape index (κ2) is 5.12. The van der Waals surface area contributed by atoms with E-state index in [4.69, 9.17) is 9.47 Å². The first-order valence-corrected chi connectivity index (χ1v) is 7.36. The first-order chi connectivity index (χ1) is 11.1. The lowest BCUT2D eigenvalue weighted by atomic mass is 10.0. The third-order valence-corrected chi connectivity index (χ3v) is 4.05. The van der Waals surface area contributed by atoms with E-state index in [1.165, 1.54) is 6.07 Å². The second-order valence-electron chi connectivity index (χ2n) is 5.48. The zero-order chi connectivity index (χ0) is 16.0. The summed E-state index contributed by atoms with van der Waals surface area (Å²) in [6.45, 7) is 2.62. The van der Waals surface area contributed by atoms with Crippen LogP contribution < -0.4 is 14.9 Å². The summed E-state index contributed by atoms with van der Waals surface area (Å²) in [5, 5.41) is 0.506. The molecule has 3 aromatic rings. The van der Waals surface area contributed by atoms with Crippen LogP contribution in [0.5, 0.6) is 11.5 Å². The summed E-state index contributed by atoms with van der Waals surface area (Å²) in [6, 6.07) is 9.80. The van der Waals surface area contributed by atoms with Crippen molar-refractivity contribution in [1.82, 2.24) is 4.98 Å². The van der Waals surface area contributed by atoms with E-state index < -0.39 is 0 Å². The summed E-state index contributed by atoms with van der Waals surface area (Å²) < 4.78 is 25.2. The molecule has 4 rings (SSSR count). The van der Waals surface area contributed by atoms with Gasteiger partial charge in [-0.3, -0.25) is 4.79 Å². The number of aromatic nitrogens is 1. The molecule has 0 saturated carbocycles. The Bertz CT molecular complexity index is 978. The van der Waals surface area contributed by atoms with Crippen LogP contribution >= 0.6 is 0 Å². The highest BCUT2D eigenvalue weighted by Crippen LogP contribution is 2.34. The minimum atomic E-state index is -0.372. The molecular weight excluding hydrogens is 297 g/mol. The van der Waals surface area contributed by atoms with Gasteiger partial charge in [-0.15, -0.1) is 0 Å². The molecule has 0 radical (unpaired) electrons. The Labute approximate surface area is 131 Å². The van der Waals surface area contributed by atoms with E-state index in [1.54, 1.807) is 37.3 Å². The Morgan fingerprint density at radius 1 is 1.09 bits per heavy atom. The predicted molar refractivity (Wildman–Crippen MR) is 85.7 cm³/mol. The van der Waals surface area contributed by atoms with Crippen LogP contribution in [0.1, 0.15) is 5.56 Å². The Balaban J connectivity index is 2.03. The molecule has 1 aromatic heterocycles. The Kier molecular flexibility index (Phi) is 3.08. The monoisotopic (exact) mass is 311 g/mol. The van der Waals surface area contributed by atoms with Gasteiger partial charge < -0.3 is 14.5 Å². The molecule has 23 heavy (non-hydrogen) atoms. The smallest absolute Gasteiger partial charge is 0.193 e. The Hall–Kier alpha value is -2.82. The van der Waals surface area contributed by atoms with Gasteiger partial charge in [-0.05, 0) is 25.1 Å². The summed E-state index contributed by atoms with van der Waals surface area (Å²) >= 11 is 0. The molecule has 0 amide bonds. The topological polar surface area (TPSA) is 51.3 Å². The van der Waals surface area contributed by atoms with Crippen molar-refractivity contribution in [3.63, 3.8) is 0 Å². The minimum Gasteiger partial charge on any atom is -0.486 e. The Morgan fingerprint density at radius 3 is 2.52 bits per heavy atom. The van der Waals surface area contributed by atoms with Gasteiger partial charge in [0.25, 0.3) is 0 Å². The third kappa shape index (κ3) is 2.16. The average Bonchev–Trinajstić information content (AvgIpc) is 2.57. The van der Waals surface area contributed by atoms with E-state index in [9.17, 15) is 9.18 Å². The van der Waals surface area contributed by atoms with Crippen LogP contribution in [-0.2, 0) is 0 Å². The van der Waals surface area contributed by atoms with Crippen molar-refractivity contribution in [3.05, 3.63) is 58.0 Å². The lowest BCUT2D eigenvalue weighted by Crippen LogP contribution is -2.16. The lowest BCUT2D eigenvalue weighted by Gasteiger charge is -2.19. The molecule has 2 aromatic carbocycles. The molecule has 1 aliphatic rings. The van der Waals surface area contributed by atoms with Gasteiger partial charge >= 0.3 is 0 Å². The van der Waals surface area contributed by atoms with Gasteiger partial charge in [-0.25, -0.2) is 4.39 Å². The van der Waals surface area contributed by atoms with Crippen LogP contribution in [0.2, 0.25) is 0 Å². The van der Waals surface area contributed by atoms with E-state index >= 15 is 0 Å². The van der Waals surface area contributed by atoms with Crippen LogP contribution in [-0.4, -0.2) is 18.2 Å². The number of H-pyrrole nitrogens is 1. The number of halogens is 1. The van der Waals surface area contributed by atoms with Gasteiger partial charge in [0.1, 0.15) is 19.0 Å². The summed E-state index contributed by atoms with van der Waals surface area (Å²) in [5.74, 6) is 0.776. The maximum atomic E-state index is 14.1. The van der Waals surface area contributed by atoms with E-state index in [2.05, 4.69) is 4.98 Å². The molecule has 0 aliphatic carbocycles. The van der Waals surface area contributed by atoms with Gasteiger partial charge in [-0.1, -0.05) is 12.1 Å². The van der Waals surface area contributed by atoms with Gasteiger partial charge in [-0.2, -0.15) is 0 Å². The van der Waals surface area contributed by atoms with Crippen LogP contribution in [0.15, 0.2) is 41.2 Å². The molecule has 1 N–H and O–H groups in total. The second-order valence-corrected chi connectivity index (χ2v) is 5.48. The summed E-state index contributed by atoms with van der Waals surface area (Å²) in [5.41, 5.74) is 1.78. The number of benzene rings is 2. The highest BCUT2D eigenvalue weighted by molar-refractivity contribution is 5.86. The molecule has 0 saturated heterocycles. The van der Waals surface area contributed by atoms with Gasteiger partial charge in [0.15, 0.2) is 16.9 Å². The van der Waals surface area contributed by atoms with E-state index in [-0.39, 0.29) is 11.2 Å². The molecule has 0 bridgehead atoms. The molecule has 0 unspecified atom stereocenters. The first kappa shape index (κ1) is 13.8. The number of fused-ring (bicyclic) bond motifs is 2. The van der Waals surface area contributed by atoms with Gasteiger partial charge in [0, 0.05) is 22.6 Å². The van der Waals surface area contributed by atoms with Crippen molar-refractivity contribution in [3.8, 4) is 22.8 Å². The van der Waals surface area contributed by atoms with Crippen molar-refractivity contribution < 1.29 is 13.9 Å². The quantitative estimate of drug-likeness (QED) is 0.749. The number of ether oxygens (including phenoxy) is 2. The number of hydrogen-bond acceptors (Lipinski definition) is 3. The summed E-state index contributed by atoms with van der Waals surface area (Å²) in [6.07, 6.45) is 0. The number of pyridine rings is 1. The molecule has 0 fully saturated rings. The summed E-state index contributed by atoms with van der Waals surface area (Å²) in [4.78, 5) is 15.8. The molecular formula is C18H14FNO3. The zero-order valence-electron chi connectivity index (χ0n) is 12.5. The molecule has 1 aliphatic heterocycles. The highest BCUT2D eigenvalue weighted by Gasteiger charge is 2.18. The SMILES string of the molecule is Cc1c(-c2ccccc2F)[nH]c2cc3c(cc2c1=O)OCCO3. The minimum absolute atomic E-state index is 0.144. The number of hydrogen-bond donors (Lipinski definition) is 1. The molecule has 116 valence electrons. The van der Waals surface area contributed by atoms with Gasteiger partial charge in [0.2, 0.25) is 0 Å². The fourth-order valence-electron chi connectivity index (χ4n) is 2.86. The van der Waals surface area contributed by atoms with E-state index in [0.29, 0.717) is 52.4 Å². The summed E-state index contributed by atoms with van der Waals surface area (Å²) in [7, 11) is 0. The largest absolute Gasteiger partial charge is 0.486 e. The van der Waals surface area contributed by atoms with Crippen LogP contribution in [0.25, 0.3) is 22.2 Å². The lowest BCUT2D eigenvalue weighted by molar-refractivity contribution is 0.172. The standard InChI is InChI=1S/C18H14FNO3/c1-10-17(11-4-2-3-5-13(11)19)20-14-9-16-15(22-6-7-23-16)8-12(14)18(10)21/h2-5,8-9H,6-7H2,1H3,(H,20,21). The maximum absolute atomic E-state index is 14.1. The van der Waals surface area contributed by atoms with E-state index in [1.807, 2.05) is 0 Å². The maximum Gasteiger partial charge on any atom is 0.193 e. The molecule has 4 nitrogen and oxygen atoms in total. The van der Waals surface area contributed by atoms with Crippen molar-refractivity contribution in [1.29, 1.82) is 0 Å². The van der Waals surface area contributed by atoms with Gasteiger partial charge in [0.05, 0.1) is 11.2 Å². The van der Waals surface area contributed by atoms with Crippen LogP contribution in [0, 0.1) is 12.7 Å². The van der Waals surface area contributed by atoms with Crippen LogP contribution in [0.3, 0.4) is 0 Å². The fraction of sp³-hybridized carbons (Fsp3) is 0.167. The zero-order valence-corrected chi connectivity index (χ0v) is 12.5. The number of aromatic amines is 1. The van der Waals surface area contributed by atoms with Crippen molar-refractivity contribution in [2.75, 3.05) is 13.2 Å². The average molecular weight is 311 g/mol. The van der Waals surface area contributed by atoms with E-state index in [0.717, 1.165) is 0 Å². The number of nitrogens with one attached hydrogen (secondary N) is 1. The third-order valence-electron chi connectivity index (χ3n) is 4.05.